The second-order valence-electron chi connectivity index (χ2n) is 6.16. The van der Waals surface area contributed by atoms with E-state index in [1.807, 2.05) is 0 Å². The topological polar surface area (TPSA) is 87.3 Å². The molecule has 2 unspecified atom stereocenters. The van der Waals surface area contributed by atoms with Crippen LogP contribution in [0.1, 0.15) is 31.2 Å². The molecule has 3 heterocycles. The van der Waals surface area contributed by atoms with Crippen LogP contribution in [0.4, 0.5) is 5.82 Å². The number of methoxy groups -OCH3 is 1. The van der Waals surface area contributed by atoms with Gasteiger partial charge in [-0.05, 0) is 18.4 Å². The summed E-state index contributed by atoms with van der Waals surface area (Å²) in [4.78, 5) is 22.6. The number of thiophene rings is 1. The number of fused-ring (bicyclic) bond motifs is 3. The van der Waals surface area contributed by atoms with E-state index in [0.29, 0.717) is 23.5 Å². The Morgan fingerprint density at radius 3 is 2.83 bits per heavy atom. The maximum absolute atomic E-state index is 11.6. The number of esters is 1. The molecule has 0 amide bonds. The highest BCUT2D eigenvalue weighted by Crippen LogP contribution is 2.39. The van der Waals surface area contributed by atoms with E-state index >= 15 is 0 Å². The molecule has 0 aromatic carbocycles. The van der Waals surface area contributed by atoms with E-state index in [-0.39, 0.29) is 17.3 Å². The number of nitrogen functional groups attached to an aromatic ring is 1. The number of hydrogen-bond acceptors (Lipinski definition) is 8. The molecule has 1 aliphatic heterocycles. The summed E-state index contributed by atoms with van der Waals surface area (Å²) < 4.78 is 10.7. The highest BCUT2D eigenvalue weighted by molar-refractivity contribution is 8.00. The van der Waals surface area contributed by atoms with E-state index < -0.39 is 0 Å². The molecule has 0 saturated heterocycles. The van der Waals surface area contributed by atoms with Gasteiger partial charge in [0.05, 0.1) is 25.2 Å². The first-order valence-electron chi connectivity index (χ1n) is 7.84. The molecule has 3 rings (SSSR count). The van der Waals surface area contributed by atoms with Crippen LogP contribution in [-0.2, 0) is 27.3 Å². The number of carbonyl (C=O) groups excluding carboxylic acids is 1. The quantitative estimate of drug-likeness (QED) is 0.505. The van der Waals surface area contributed by atoms with Crippen LogP contribution in [0.3, 0.4) is 0 Å². The van der Waals surface area contributed by atoms with Crippen molar-refractivity contribution >= 4 is 45.1 Å². The zero-order valence-corrected chi connectivity index (χ0v) is 15.8. The summed E-state index contributed by atoms with van der Waals surface area (Å²) in [7, 11) is 1.37. The predicted octanol–water partition coefficient (Wildman–Crippen LogP) is 3.02. The van der Waals surface area contributed by atoms with Gasteiger partial charge in [-0.15, -0.1) is 11.3 Å². The molecule has 2 atom stereocenters. The molecule has 2 N–H and O–H groups in total. The third kappa shape index (κ3) is 3.22. The maximum Gasteiger partial charge on any atom is 0.318 e. The van der Waals surface area contributed by atoms with Crippen molar-refractivity contribution in [2.45, 2.75) is 50.3 Å². The van der Waals surface area contributed by atoms with Crippen molar-refractivity contribution in [3.8, 4) is 0 Å². The molecule has 130 valence electrons. The van der Waals surface area contributed by atoms with Gasteiger partial charge in [0.15, 0.2) is 5.16 Å². The number of ether oxygens (including phenoxy) is 2. The first kappa shape index (κ1) is 17.4. The van der Waals surface area contributed by atoms with Crippen molar-refractivity contribution in [1.29, 1.82) is 0 Å². The van der Waals surface area contributed by atoms with Crippen molar-refractivity contribution in [2.24, 2.45) is 5.92 Å². The summed E-state index contributed by atoms with van der Waals surface area (Å²) >= 11 is 2.85. The number of hydrogen-bond donors (Lipinski definition) is 1. The molecule has 0 radical (unpaired) electrons. The number of aromatic nitrogens is 2. The lowest BCUT2D eigenvalue weighted by Gasteiger charge is -2.26. The number of rotatable bonds is 4. The second-order valence-corrected chi connectivity index (χ2v) is 8.55. The van der Waals surface area contributed by atoms with Crippen LogP contribution in [0.25, 0.3) is 10.2 Å². The summed E-state index contributed by atoms with van der Waals surface area (Å²) in [6.45, 7) is 6.68. The predicted molar refractivity (Wildman–Crippen MR) is 96.3 cm³/mol. The van der Waals surface area contributed by atoms with Crippen molar-refractivity contribution in [3.63, 3.8) is 0 Å². The summed E-state index contributed by atoms with van der Waals surface area (Å²) in [5.74, 6) is 0.619. The standard InChI is InChI=1S/C16H21N3O3S2/c1-7(2)10-5-9-11(6-22-10)24-14-12(9)13(17)18-16(19-14)23-8(3)15(20)21-4/h7-8,10H,5-6H2,1-4H3,(H2,17,18,19). The van der Waals surface area contributed by atoms with Crippen molar-refractivity contribution in [1.82, 2.24) is 9.97 Å². The normalized spacial score (nSPS) is 18.6. The van der Waals surface area contributed by atoms with Gasteiger partial charge in [0.2, 0.25) is 0 Å². The molecular formula is C16H21N3O3S2. The van der Waals surface area contributed by atoms with Gasteiger partial charge in [-0.2, -0.15) is 0 Å². The van der Waals surface area contributed by atoms with E-state index in [1.165, 1.54) is 29.3 Å². The summed E-state index contributed by atoms with van der Waals surface area (Å²) in [5, 5.41) is 1.06. The zero-order chi connectivity index (χ0) is 17.4. The van der Waals surface area contributed by atoms with Gasteiger partial charge in [0, 0.05) is 11.3 Å². The maximum atomic E-state index is 11.6. The van der Waals surface area contributed by atoms with Gasteiger partial charge in [-0.3, -0.25) is 4.79 Å². The monoisotopic (exact) mass is 367 g/mol. The van der Waals surface area contributed by atoms with Gasteiger partial charge >= 0.3 is 5.97 Å². The number of nitrogens with two attached hydrogens (primary N) is 1. The fourth-order valence-corrected chi connectivity index (χ4v) is 4.73. The minimum atomic E-state index is -0.380. The van der Waals surface area contributed by atoms with Crippen LogP contribution in [-0.4, -0.2) is 34.4 Å². The van der Waals surface area contributed by atoms with Crippen molar-refractivity contribution in [2.75, 3.05) is 12.8 Å². The van der Waals surface area contributed by atoms with E-state index in [9.17, 15) is 4.79 Å². The van der Waals surface area contributed by atoms with Gasteiger partial charge in [-0.25, -0.2) is 9.97 Å². The fourth-order valence-electron chi connectivity index (χ4n) is 2.74. The molecule has 8 heteroatoms. The first-order valence-corrected chi connectivity index (χ1v) is 9.54. The fraction of sp³-hybridized carbons (Fsp3) is 0.562. The Kier molecular flexibility index (Phi) is 4.98. The molecule has 0 bridgehead atoms. The highest BCUT2D eigenvalue weighted by atomic mass is 32.2. The highest BCUT2D eigenvalue weighted by Gasteiger charge is 2.28. The molecule has 2 aromatic heterocycles. The Balaban J connectivity index is 1.95. The minimum absolute atomic E-state index is 0.197. The van der Waals surface area contributed by atoms with Crippen LogP contribution >= 0.6 is 23.1 Å². The van der Waals surface area contributed by atoms with Crippen LogP contribution < -0.4 is 5.73 Å². The van der Waals surface area contributed by atoms with Crippen LogP contribution in [0.5, 0.6) is 0 Å². The smallest absolute Gasteiger partial charge is 0.318 e. The van der Waals surface area contributed by atoms with E-state index in [2.05, 4.69) is 23.8 Å². The average Bonchev–Trinajstić information content (AvgIpc) is 2.91. The Labute approximate surface area is 149 Å². The molecule has 0 fully saturated rings. The Hall–Kier alpha value is -1.38. The molecule has 0 spiro atoms. The third-order valence-electron chi connectivity index (χ3n) is 4.13. The van der Waals surface area contributed by atoms with Crippen LogP contribution in [0.2, 0.25) is 0 Å². The Morgan fingerprint density at radius 2 is 2.17 bits per heavy atom. The molecule has 0 aliphatic carbocycles. The zero-order valence-electron chi connectivity index (χ0n) is 14.2. The number of anilines is 1. The van der Waals surface area contributed by atoms with Gasteiger partial charge < -0.3 is 15.2 Å². The first-order chi connectivity index (χ1) is 11.4. The van der Waals surface area contributed by atoms with Gasteiger partial charge in [0.1, 0.15) is 15.9 Å². The molecule has 0 saturated carbocycles. The number of nitrogens with zero attached hydrogens (tertiary/aromatic N) is 2. The summed E-state index contributed by atoms with van der Waals surface area (Å²) in [6, 6.07) is 0. The largest absolute Gasteiger partial charge is 0.468 e. The van der Waals surface area contributed by atoms with Crippen LogP contribution in [0.15, 0.2) is 5.16 Å². The Morgan fingerprint density at radius 1 is 1.42 bits per heavy atom. The lowest BCUT2D eigenvalue weighted by Crippen LogP contribution is -2.26. The van der Waals surface area contributed by atoms with Gasteiger partial charge in [-0.1, -0.05) is 25.6 Å². The molecular weight excluding hydrogens is 346 g/mol. The van der Waals surface area contributed by atoms with E-state index in [4.69, 9.17) is 15.2 Å². The van der Waals surface area contributed by atoms with E-state index in [0.717, 1.165) is 16.6 Å². The Bertz CT molecular complexity index is 776. The number of thioether (sulfide) groups is 1. The number of carbonyl (C=O) groups is 1. The van der Waals surface area contributed by atoms with Gasteiger partial charge in [0.25, 0.3) is 0 Å². The average molecular weight is 367 g/mol. The van der Waals surface area contributed by atoms with Crippen LogP contribution in [0, 0.1) is 5.92 Å². The lowest BCUT2D eigenvalue weighted by atomic mass is 9.96. The minimum Gasteiger partial charge on any atom is -0.468 e. The summed E-state index contributed by atoms with van der Waals surface area (Å²) in [6.07, 6.45) is 1.04. The molecule has 1 aliphatic rings. The summed E-state index contributed by atoms with van der Waals surface area (Å²) in [5.41, 5.74) is 7.43. The SMILES string of the molecule is COC(=O)C(C)Sc1nc(N)c2c3c(sc2n1)COC(C(C)C)C3. The second kappa shape index (κ2) is 6.85. The molecule has 6 nitrogen and oxygen atoms in total. The van der Waals surface area contributed by atoms with Crippen molar-refractivity contribution < 1.29 is 14.3 Å². The van der Waals surface area contributed by atoms with Crippen molar-refractivity contribution in [3.05, 3.63) is 10.4 Å². The van der Waals surface area contributed by atoms with E-state index in [1.54, 1.807) is 18.3 Å². The lowest BCUT2D eigenvalue weighted by molar-refractivity contribution is -0.139. The third-order valence-corrected chi connectivity index (χ3v) is 6.17. The molecule has 2 aromatic rings. The molecule has 24 heavy (non-hydrogen) atoms.